The first-order valence-corrected chi connectivity index (χ1v) is 5.72. The molecule has 1 saturated heterocycles. The van der Waals surface area contributed by atoms with Crippen molar-refractivity contribution in [3.8, 4) is 0 Å². The van der Waals surface area contributed by atoms with Crippen molar-refractivity contribution in [3.63, 3.8) is 0 Å². The van der Waals surface area contributed by atoms with Crippen molar-refractivity contribution in [2.24, 2.45) is 0 Å². The molecule has 0 amide bonds. The number of hydrogen-bond acceptors (Lipinski definition) is 4. The summed E-state index contributed by atoms with van der Waals surface area (Å²) in [6.45, 7) is 6.73. The standard InChI is InChI=1S/C12H20N2O2/c1-12(9-13-10-12)16-6-4-14(2)7-11-3-5-15-8-11/h3,5,8,13H,4,6-7,9-10H2,1-2H3. The largest absolute Gasteiger partial charge is 0.472 e. The average Bonchev–Trinajstić information content (AvgIpc) is 2.68. The minimum atomic E-state index is 0.0660. The van der Waals surface area contributed by atoms with E-state index in [2.05, 4.69) is 24.2 Å². The van der Waals surface area contributed by atoms with Crippen LogP contribution >= 0.6 is 0 Å². The van der Waals surface area contributed by atoms with Gasteiger partial charge in [-0.3, -0.25) is 4.90 Å². The summed E-state index contributed by atoms with van der Waals surface area (Å²) in [5.74, 6) is 0. The van der Waals surface area contributed by atoms with Crippen LogP contribution in [0.1, 0.15) is 12.5 Å². The summed E-state index contributed by atoms with van der Waals surface area (Å²) >= 11 is 0. The molecule has 1 aliphatic rings. The zero-order valence-corrected chi connectivity index (χ0v) is 10.0. The molecule has 0 aromatic carbocycles. The second kappa shape index (κ2) is 4.99. The van der Waals surface area contributed by atoms with Gasteiger partial charge in [-0.05, 0) is 20.0 Å². The van der Waals surface area contributed by atoms with Crippen molar-refractivity contribution in [3.05, 3.63) is 24.2 Å². The lowest BCUT2D eigenvalue weighted by Gasteiger charge is -2.39. The molecule has 0 radical (unpaired) electrons. The van der Waals surface area contributed by atoms with Gasteiger partial charge in [0.25, 0.3) is 0 Å². The van der Waals surface area contributed by atoms with Crippen LogP contribution in [-0.2, 0) is 11.3 Å². The molecule has 2 heterocycles. The van der Waals surface area contributed by atoms with Gasteiger partial charge in [0.1, 0.15) is 0 Å². The predicted octanol–water partition coefficient (Wildman–Crippen LogP) is 1.09. The SMILES string of the molecule is CN(CCOC1(C)CNC1)Cc1ccoc1. The molecule has 0 unspecified atom stereocenters. The third-order valence-electron chi connectivity index (χ3n) is 2.95. The van der Waals surface area contributed by atoms with Crippen LogP contribution < -0.4 is 5.32 Å². The van der Waals surface area contributed by atoms with Crippen molar-refractivity contribution in [2.45, 2.75) is 19.1 Å². The van der Waals surface area contributed by atoms with Gasteiger partial charge in [-0.2, -0.15) is 0 Å². The highest BCUT2D eigenvalue weighted by Gasteiger charge is 2.32. The molecule has 1 fully saturated rings. The van der Waals surface area contributed by atoms with Crippen LogP contribution in [0.3, 0.4) is 0 Å². The van der Waals surface area contributed by atoms with Crippen LogP contribution in [-0.4, -0.2) is 43.8 Å². The van der Waals surface area contributed by atoms with Gasteiger partial charge in [0, 0.05) is 31.7 Å². The molecule has 1 aromatic heterocycles. The van der Waals surface area contributed by atoms with Crippen LogP contribution in [0.5, 0.6) is 0 Å². The summed E-state index contributed by atoms with van der Waals surface area (Å²) in [7, 11) is 2.09. The number of furan rings is 1. The first-order chi connectivity index (χ1) is 7.68. The summed E-state index contributed by atoms with van der Waals surface area (Å²) < 4.78 is 10.9. The molecule has 4 heteroatoms. The molecule has 16 heavy (non-hydrogen) atoms. The van der Waals surface area contributed by atoms with E-state index in [0.717, 1.165) is 32.8 Å². The second-order valence-electron chi connectivity index (χ2n) is 4.77. The Kier molecular flexibility index (Phi) is 3.63. The van der Waals surface area contributed by atoms with Gasteiger partial charge in [0.2, 0.25) is 0 Å². The van der Waals surface area contributed by atoms with Gasteiger partial charge in [-0.25, -0.2) is 0 Å². The van der Waals surface area contributed by atoms with Gasteiger partial charge in [0.05, 0.1) is 24.7 Å². The third kappa shape index (κ3) is 3.07. The summed E-state index contributed by atoms with van der Waals surface area (Å²) in [4.78, 5) is 2.24. The molecule has 0 atom stereocenters. The van der Waals surface area contributed by atoms with E-state index < -0.39 is 0 Å². The van der Waals surface area contributed by atoms with E-state index in [1.165, 1.54) is 5.56 Å². The molecule has 2 rings (SSSR count). The maximum atomic E-state index is 5.83. The maximum Gasteiger partial charge on any atom is 0.0947 e. The second-order valence-corrected chi connectivity index (χ2v) is 4.77. The molecule has 0 spiro atoms. The summed E-state index contributed by atoms with van der Waals surface area (Å²) in [6, 6.07) is 1.99. The van der Waals surface area contributed by atoms with Crippen molar-refractivity contribution in [1.82, 2.24) is 10.2 Å². The Morgan fingerprint density at radius 1 is 1.56 bits per heavy atom. The van der Waals surface area contributed by atoms with Crippen LogP contribution in [0.2, 0.25) is 0 Å². The molecule has 0 saturated carbocycles. The summed E-state index contributed by atoms with van der Waals surface area (Å²) in [6.07, 6.45) is 3.50. The van der Waals surface area contributed by atoms with E-state index >= 15 is 0 Å². The minimum absolute atomic E-state index is 0.0660. The number of nitrogens with one attached hydrogen (secondary N) is 1. The highest BCUT2D eigenvalue weighted by molar-refractivity contribution is 5.04. The van der Waals surface area contributed by atoms with Gasteiger partial charge >= 0.3 is 0 Å². The van der Waals surface area contributed by atoms with Crippen molar-refractivity contribution in [1.29, 1.82) is 0 Å². The fourth-order valence-corrected chi connectivity index (χ4v) is 1.80. The quantitative estimate of drug-likeness (QED) is 0.785. The molecular weight excluding hydrogens is 204 g/mol. The predicted molar refractivity (Wildman–Crippen MR) is 62.3 cm³/mol. The average molecular weight is 224 g/mol. The smallest absolute Gasteiger partial charge is 0.0947 e. The highest BCUT2D eigenvalue weighted by Crippen LogP contribution is 2.14. The van der Waals surface area contributed by atoms with Gasteiger partial charge in [-0.15, -0.1) is 0 Å². The molecule has 90 valence electrons. The number of likely N-dealkylation sites (N-methyl/N-ethyl adjacent to an activating group) is 1. The van der Waals surface area contributed by atoms with E-state index in [0.29, 0.717) is 0 Å². The van der Waals surface area contributed by atoms with Gasteiger partial charge < -0.3 is 14.5 Å². The molecular formula is C12H20N2O2. The van der Waals surface area contributed by atoms with Crippen LogP contribution in [0.15, 0.2) is 23.0 Å². The van der Waals surface area contributed by atoms with Crippen LogP contribution in [0.25, 0.3) is 0 Å². The summed E-state index contributed by atoms with van der Waals surface area (Å²) in [5.41, 5.74) is 1.27. The van der Waals surface area contributed by atoms with Crippen molar-refractivity contribution in [2.75, 3.05) is 33.3 Å². The number of nitrogens with zero attached hydrogens (tertiary/aromatic N) is 1. The normalized spacial score (nSPS) is 18.7. The fourth-order valence-electron chi connectivity index (χ4n) is 1.80. The third-order valence-corrected chi connectivity index (χ3v) is 2.95. The van der Waals surface area contributed by atoms with E-state index in [4.69, 9.17) is 9.15 Å². The molecule has 4 nitrogen and oxygen atoms in total. The Morgan fingerprint density at radius 2 is 2.38 bits per heavy atom. The maximum absolute atomic E-state index is 5.83. The van der Waals surface area contributed by atoms with Crippen LogP contribution in [0, 0.1) is 0 Å². The summed E-state index contributed by atoms with van der Waals surface area (Å²) in [5, 5.41) is 3.23. The molecule has 1 N–H and O–H groups in total. The Hall–Kier alpha value is -0.840. The number of hydrogen-bond donors (Lipinski definition) is 1. The van der Waals surface area contributed by atoms with Gasteiger partial charge in [0.15, 0.2) is 0 Å². The monoisotopic (exact) mass is 224 g/mol. The Labute approximate surface area is 96.6 Å². The number of rotatable bonds is 6. The molecule has 0 bridgehead atoms. The lowest BCUT2D eigenvalue weighted by Crippen LogP contribution is -2.59. The van der Waals surface area contributed by atoms with E-state index in [1.807, 2.05) is 6.07 Å². The van der Waals surface area contributed by atoms with E-state index in [-0.39, 0.29) is 5.60 Å². The first-order valence-electron chi connectivity index (χ1n) is 5.72. The number of ether oxygens (including phenoxy) is 1. The van der Waals surface area contributed by atoms with Crippen LogP contribution in [0.4, 0.5) is 0 Å². The zero-order chi connectivity index (χ0) is 11.4. The molecule has 0 aliphatic carbocycles. The Morgan fingerprint density at radius 3 is 2.94 bits per heavy atom. The first kappa shape index (κ1) is 11.6. The Bertz CT molecular complexity index is 307. The van der Waals surface area contributed by atoms with E-state index in [1.54, 1.807) is 12.5 Å². The van der Waals surface area contributed by atoms with Crippen molar-refractivity contribution < 1.29 is 9.15 Å². The van der Waals surface area contributed by atoms with Gasteiger partial charge in [-0.1, -0.05) is 0 Å². The van der Waals surface area contributed by atoms with E-state index in [9.17, 15) is 0 Å². The lowest BCUT2D eigenvalue weighted by molar-refractivity contribution is -0.0712. The highest BCUT2D eigenvalue weighted by atomic mass is 16.5. The Balaban J connectivity index is 1.62. The lowest BCUT2D eigenvalue weighted by atomic mass is 10.0. The zero-order valence-electron chi connectivity index (χ0n) is 10.0. The topological polar surface area (TPSA) is 37.6 Å². The fraction of sp³-hybridized carbons (Fsp3) is 0.667. The van der Waals surface area contributed by atoms with Crippen molar-refractivity contribution >= 4 is 0 Å². The molecule has 1 aliphatic heterocycles. The minimum Gasteiger partial charge on any atom is -0.472 e. The molecule has 1 aromatic rings.